The lowest BCUT2D eigenvalue weighted by atomic mass is 9.84. The molecule has 7 nitrogen and oxygen atoms in total. The molecule has 1 heterocycles. The molecular formula is C20H29N3O4S. The quantitative estimate of drug-likeness (QED) is 0.825. The predicted molar refractivity (Wildman–Crippen MR) is 106 cm³/mol. The van der Waals surface area contributed by atoms with Crippen molar-refractivity contribution >= 4 is 21.8 Å². The van der Waals surface area contributed by atoms with Crippen LogP contribution in [-0.4, -0.2) is 61.7 Å². The van der Waals surface area contributed by atoms with Gasteiger partial charge in [0.15, 0.2) is 0 Å². The Morgan fingerprint density at radius 2 is 1.50 bits per heavy atom. The van der Waals surface area contributed by atoms with Crippen LogP contribution in [0.5, 0.6) is 0 Å². The van der Waals surface area contributed by atoms with E-state index in [-0.39, 0.29) is 22.6 Å². The van der Waals surface area contributed by atoms with Crippen LogP contribution >= 0.6 is 0 Å². The third-order valence-electron chi connectivity index (χ3n) is 5.19. The minimum atomic E-state index is -3.63. The number of amides is 2. The van der Waals surface area contributed by atoms with Crippen molar-refractivity contribution in [2.75, 3.05) is 26.2 Å². The molecule has 2 aliphatic rings. The number of sulfonamides is 1. The Morgan fingerprint density at radius 3 is 1.96 bits per heavy atom. The summed E-state index contributed by atoms with van der Waals surface area (Å²) in [5, 5.41) is 0. The van der Waals surface area contributed by atoms with Crippen LogP contribution in [0.1, 0.15) is 50.4 Å². The highest BCUT2D eigenvalue weighted by Gasteiger charge is 2.32. The van der Waals surface area contributed by atoms with Crippen LogP contribution in [0.2, 0.25) is 0 Å². The Balaban J connectivity index is 1.60. The number of carbonyl (C=O) groups is 2. The van der Waals surface area contributed by atoms with Crippen LogP contribution in [0.25, 0.3) is 0 Å². The highest BCUT2D eigenvalue weighted by molar-refractivity contribution is 7.89. The third-order valence-corrected chi connectivity index (χ3v) is 6.96. The second kappa shape index (κ2) is 7.83. The summed E-state index contributed by atoms with van der Waals surface area (Å²) in [4.78, 5) is 28.8. The molecular weight excluding hydrogens is 378 g/mol. The Hall–Kier alpha value is -1.93. The standard InChI is InChI=1S/C20H29N3O4S/c1-20(2,3)21-28(26,27)17-9-7-16(8-10-17)19(25)23-13-11-22(12-14-23)18(24)15-5-4-6-15/h7-10,15,21H,4-6,11-14H2,1-3H3. The molecule has 0 atom stereocenters. The van der Waals surface area contributed by atoms with Crippen molar-refractivity contribution in [3.05, 3.63) is 29.8 Å². The van der Waals surface area contributed by atoms with Gasteiger partial charge in [-0.2, -0.15) is 0 Å². The molecule has 1 saturated heterocycles. The van der Waals surface area contributed by atoms with Gasteiger partial charge in [0.1, 0.15) is 0 Å². The Kier molecular flexibility index (Phi) is 5.82. The fourth-order valence-electron chi connectivity index (χ4n) is 3.46. The van der Waals surface area contributed by atoms with Gasteiger partial charge in [0.25, 0.3) is 5.91 Å². The maximum absolute atomic E-state index is 12.7. The fraction of sp³-hybridized carbons (Fsp3) is 0.600. The van der Waals surface area contributed by atoms with Crippen LogP contribution in [0.3, 0.4) is 0 Å². The largest absolute Gasteiger partial charge is 0.339 e. The summed E-state index contributed by atoms with van der Waals surface area (Å²) in [6.45, 7) is 7.45. The molecule has 0 bridgehead atoms. The second-order valence-corrected chi connectivity index (χ2v) is 10.3. The van der Waals surface area contributed by atoms with Gasteiger partial charge in [0.05, 0.1) is 4.90 Å². The molecule has 2 amide bonds. The van der Waals surface area contributed by atoms with E-state index in [1.54, 1.807) is 37.8 Å². The van der Waals surface area contributed by atoms with Crippen molar-refractivity contribution in [2.45, 2.75) is 50.5 Å². The van der Waals surface area contributed by atoms with Gasteiger partial charge in [-0.1, -0.05) is 6.42 Å². The van der Waals surface area contributed by atoms with Crippen molar-refractivity contribution in [1.82, 2.24) is 14.5 Å². The first-order valence-corrected chi connectivity index (χ1v) is 11.3. The third kappa shape index (κ3) is 4.72. The summed E-state index contributed by atoms with van der Waals surface area (Å²) in [5.41, 5.74) is -0.127. The summed E-state index contributed by atoms with van der Waals surface area (Å²) < 4.78 is 27.3. The number of piperazine rings is 1. The Morgan fingerprint density at radius 1 is 0.964 bits per heavy atom. The summed E-state index contributed by atoms with van der Waals surface area (Å²) in [6.07, 6.45) is 3.10. The maximum Gasteiger partial charge on any atom is 0.253 e. The highest BCUT2D eigenvalue weighted by atomic mass is 32.2. The number of rotatable bonds is 4. The second-order valence-electron chi connectivity index (χ2n) is 8.63. The van der Waals surface area contributed by atoms with E-state index in [0.717, 1.165) is 19.3 Å². The average molecular weight is 408 g/mol. The Labute approximate surface area is 167 Å². The molecule has 3 rings (SSSR count). The van der Waals surface area contributed by atoms with Crippen molar-refractivity contribution in [2.24, 2.45) is 5.92 Å². The average Bonchev–Trinajstić information content (AvgIpc) is 2.58. The number of nitrogens with zero attached hydrogens (tertiary/aromatic N) is 2. The highest BCUT2D eigenvalue weighted by Crippen LogP contribution is 2.28. The van der Waals surface area contributed by atoms with E-state index in [2.05, 4.69) is 4.72 Å². The molecule has 0 aromatic heterocycles. The number of carbonyl (C=O) groups excluding carboxylic acids is 2. The summed E-state index contributed by atoms with van der Waals surface area (Å²) in [7, 11) is -3.63. The first-order chi connectivity index (χ1) is 13.1. The zero-order valence-corrected chi connectivity index (χ0v) is 17.6. The van der Waals surface area contributed by atoms with E-state index in [1.165, 1.54) is 12.1 Å². The minimum absolute atomic E-state index is 0.134. The van der Waals surface area contributed by atoms with Crippen LogP contribution in [0.4, 0.5) is 0 Å². The molecule has 2 fully saturated rings. The molecule has 1 N–H and O–H groups in total. The van der Waals surface area contributed by atoms with E-state index in [1.807, 2.05) is 4.90 Å². The maximum atomic E-state index is 12.7. The number of hydrogen-bond donors (Lipinski definition) is 1. The molecule has 28 heavy (non-hydrogen) atoms. The van der Waals surface area contributed by atoms with Gasteiger partial charge < -0.3 is 9.80 Å². The van der Waals surface area contributed by atoms with E-state index in [9.17, 15) is 18.0 Å². The first kappa shape index (κ1) is 20.8. The van der Waals surface area contributed by atoms with E-state index in [0.29, 0.717) is 31.7 Å². The zero-order chi connectivity index (χ0) is 20.5. The van der Waals surface area contributed by atoms with Gasteiger partial charge in [-0.3, -0.25) is 9.59 Å². The molecule has 8 heteroatoms. The smallest absolute Gasteiger partial charge is 0.253 e. The monoisotopic (exact) mass is 407 g/mol. The Bertz CT molecular complexity index is 831. The molecule has 1 saturated carbocycles. The van der Waals surface area contributed by atoms with Crippen molar-refractivity contribution < 1.29 is 18.0 Å². The van der Waals surface area contributed by atoms with Crippen LogP contribution in [0, 0.1) is 5.92 Å². The molecule has 1 aliphatic heterocycles. The van der Waals surface area contributed by atoms with Crippen molar-refractivity contribution in [1.29, 1.82) is 0 Å². The van der Waals surface area contributed by atoms with Crippen LogP contribution in [-0.2, 0) is 14.8 Å². The van der Waals surface area contributed by atoms with Crippen molar-refractivity contribution in [3.63, 3.8) is 0 Å². The number of hydrogen-bond acceptors (Lipinski definition) is 4. The SMILES string of the molecule is CC(C)(C)NS(=O)(=O)c1ccc(C(=O)N2CCN(C(=O)C3CCC3)CC2)cc1. The van der Waals surface area contributed by atoms with E-state index >= 15 is 0 Å². The molecule has 0 unspecified atom stereocenters. The molecule has 154 valence electrons. The molecule has 1 aromatic rings. The van der Waals surface area contributed by atoms with Gasteiger partial charge in [-0.05, 0) is 57.9 Å². The summed E-state index contributed by atoms with van der Waals surface area (Å²) in [5.74, 6) is 0.265. The minimum Gasteiger partial charge on any atom is -0.339 e. The fourth-order valence-corrected chi connectivity index (χ4v) is 4.88. The van der Waals surface area contributed by atoms with Gasteiger partial charge in [-0.15, -0.1) is 0 Å². The van der Waals surface area contributed by atoms with Gasteiger partial charge in [0, 0.05) is 43.2 Å². The molecule has 1 aromatic carbocycles. The topological polar surface area (TPSA) is 86.8 Å². The van der Waals surface area contributed by atoms with Crippen LogP contribution < -0.4 is 4.72 Å². The van der Waals surface area contributed by atoms with Gasteiger partial charge in [-0.25, -0.2) is 13.1 Å². The summed E-state index contributed by atoms with van der Waals surface area (Å²) >= 11 is 0. The van der Waals surface area contributed by atoms with E-state index in [4.69, 9.17) is 0 Å². The van der Waals surface area contributed by atoms with Gasteiger partial charge in [0.2, 0.25) is 15.9 Å². The van der Waals surface area contributed by atoms with Crippen LogP contribution in [0.15, 0.2) is 29.2 Å². The normalized spacial score (nSPS) is 18.7. The molecule has 0 radical (unpaired) electrons. The predicted octanol–water partition coefficient (Wildman–Crippen LogP) is 1.85. The first-order valence-electron chi connectivity index (χ1n) is 9.79. The van der Waals surface area contributed by atoms with E-state index < -0.39 is 15.6 Å². The number of nitrogens with one attached hydrogen (secondary N) is 1. The molecule has 1 aliphatic carbocycles. The zero-order valence-electron chi connectivity index (χ0n) is 16.8. The molecule has 0 spiro atoms. The lowest BCUT2D eigenvalue weighted by Gasteiger charge is -2.38. The lowest BCUT2D eigenvalue weighted by Crippen LogP contribution is -2.52. The number of benzene rings is 1. The van der Waals surface area contributed by atoms with Crippen molar-refractivity contribution in [3.8, 4) is 0 Å². The summed E-state index contributed by atoms with van der Waals surface area (Å²) in [6, 6.07) is 6.01. The lowest BCUT2D eigenvalue weighted by molar-refractivity contribution is -0.139. The van der Waals surface area contributed by atoms with Gasteiger partial charge >= 0.3 is 0 Å².